The van der Waals surface area contributed by atoms with Crippen molar-refractivity contribution in [3.8, 4) is 67.1 Å². The fourth-order valence-electron chi connectivity index (χ4n) is 8.02. The third-order valence-electron chi connectivity index (χ3n) is 10.5. The molecule has 10 rings (SSSR count). The van der Waals surface area contributed by atoms with Crippen molar-refractivity contribution in [2.45, 2.75) is 0 Å². The van der Waals surface area contributed by atoms with E-state index in [4.69, 9.17) is 4.74 Å². The van der Waals surface area contributed by atoms with E-state index in [-0.39, 0.29) is 0 Å². The molecule has 54 heavy (non-hydrogen) atoms. The number of hydrogen-bond donors (Lipinski definition) is 0. The summed E-state index contributed by atoms with van der Waals surface area (Å²) in [6.07, 6.45) is 0. The summed E-state index contributed by atoms with van der Waals surface area (Å²) in [7, 11) is 0. The predicted octanol–water partition coefficient (Wildman–Crippen LogP) is 14.8. The zero-order valence-electron chi connectivity index (χ0n) is 29.6. The van der Waals surface area contributed by atoms with Crippen molar-refractivity contribution in [3.05, 3.63) is 212 Å². The highest BCUT2D eigenvalue weighted by Crippen LogP contribution is 2.49. The van der Waals surface area contributed by atoms with Gasteiger partial charge in [-0.1, -0.05) is 158 Å². The molecule has 0 saturated carbocycles. The van der Waals surface area contributed by atoms with Gasteiger partial charge in [0.25, 0.3) is 0 Å². The van der Waals surface area contributed by atoms with Gasteiger partial charge in [-0.3, -0.25) is 0 Å². The Hall–Kier alpha value is -7.16. The second-order valence-electron chi connectivity index (χ2n) is 13.7. The highest BCUT2D eigenvalue weighted by atomic mass is 16.5. The van der Waals surface area contributed by atoms with Gasteiger partial charge in [0, 0.05) is 27.9 Å². The number of anilines is 3. The van der Waals surface area contributed by atoms with Crippen LogP contribution in [0.3, 0.4) is 0 Å². The first kappa shape index (κ1) is 31.6. The van der Waals surface area contributed by atoms with Crippen LogP contribution in [0.2, 0.25) is 0 Å². The first-order chi connectivity index (χ1) is 26.8. The molecule has 0 radical (unpaired) electrons. The molecule has 1 aliphatic heterocycles. The minimum atomic E-state index is 0.891. The molecule has 1 heterocycles. The molecular weight excluding hydrogens is 655 g/mol. The second-order valence-corrected chi connectivity index (χ2v) is 13.7. The third kappa shape index (κ3) is 5.53. The zero-order valence-corrected chi connectivity index (χ0v) is 29.6. The van der Waals surface area contributed by atoms with E-state index < -0.39 is 0 Å². The summed E-state index contributed by atoms with van der Waals surface area (Å²) in [5.41, 5.74) is 15.1. The van der Waals surface area contributed by atoms with Crippen LogP contribution in [0.1, 0.15) is 0 Å². The number of hydrogen-bond acceptors (Lipinski definition) is 2. The molecule has 1 aliphatic rings. The van der Waals surface area contributed by atoms with Crippen LogP contribution in [-0.2, 0) is 0 Å². The maximum absolute atomic E-state index is 6.35. The number of benzene rings is 9. The van der Waals surface area contributed by atoms with Gasteiger partial charge in [-0.2, -0.15) is 0 Å². The average molecular weight is 690 g/mol. The van der Waals surface area contributed by atoms with Crippen molar-refractivity contribution >= 4 is 27.8 Å². The van der Waals surface area contributed by atoms with Gasteiger partial charge in [0.2, 0.25) is 0 Å². The molecule has 0 atom stereocenters. The van der Waals surface area contributed by atoms with E-state index in [1.807, 2.05) is 6.07 Å². The van der Waals surface area contributed by atoms with Crippen LogP contribution in [0.15, 0.2) is 212 Å². The summed E-state index contributed by atoms with van der Waals surface area (Å²) >= 11 is 0. The molecular formula is C52H35NO. The van der Waals surface area contributed by atoms with E-state index in [9.17, 15) is 0 Å². The number of ether oxygens (including phenoxy) is 1. The summed E-state index contributed by atoms with van der Waals surface area (Å²) < 4.78 is 6.35. The van der Waals surface area contributed by atoms with Gasteiger partial charge in [0.05, 0.1) is 5.69 Å². The van der Waals surface area contributed by atoms with Gasteiger partial charge >= 0.3 is 0 Å². The van der Waals surface area contributed by atoms with E-state index in [0.29, 0.717) is 0 Å². The fourth-order valence-corrected chi connectivity index (χ4v) is 8.02. The topological polar surface area (TPSA) is 12.5 Å². The Labute approximate surface area is 315 Å². The molecule has 0 fully saturated rings. The van der Waals surface area contributed by atoms with E-state index in [0.717, 1.165) is 61.6 Å². The van der Waals surface area contributed by atoms with E-state index in [1.165, 1.54) is 33.4 Å². The predicted molar refractivity (Wildman–Crippen MR) is 226 cm³/mol. The zero-order chi connectivity index (χ0) is 35.8. The summed E-state index contributed by atoms with van der Waals surface area (Å²) in [5.74, 6) is 1.79. The largest absolute Gasteiger partial charge is 0.456 e. The van der Waals surface area contributed by atoms with Crippen molar-refractivity contribution in [2.75, 3.05) is 4.90 Å². The van der Waals surface area contributed by atoms with Crippen LogP contribution in [0, 0.1) is 0 Å². The average Bonchev–Trinajstić information content (AvgIpc) is 3.25. The Kier molecular flexibility index (Phi) is 7.85. The van der Waals surface area contributed by atoms with Crippen molar-refractivity contribution in [2.24, 2.45) is 0 Å². The van der Waals surface area contributed by atoms with Crippen LogP contribution in [-0.4, -0.2) is 0 Å². The number of rotatable bonds is 7. The molecule has 254 valence electrons. The standard InChI is InChI=1S/C52H35NO/c1-3-17-36(18-4-1)42-24-7-8-25-43(42)44-26-9-10-27-45(44)46-28-11-13-30-49(46)53(40-21-5-2-6-22-40)41-23-15-19-37(34-41)39-33-38-20-16-32-51-52(38)48(35-39)47-29-12-14-31-50(47)54-51/h1-35H. The molecule has 0 amide bonds. The van der Waals surface area contributed by atoms with Gasteiger partial charge in [-0.25, -0.2) is 0 Å². The van der Waals surface area contributed by atoms with Gasteiger partial charge in [0.1, 0.15) is 11.5 Å². The number of fused-ring (bicyclic) bond motifs is 2. The van der Waals surface area contributed by atoms with Crippen LogP contribution < -0.4 is 9.64 Å². The summed E-state index contributed by atoms with van der Waals surface area (Å²) in [4.78, 5) is 2.39. The first-order valence-corrected chi connectivity index (χ1v) is 18.4. The molecule has 0 aromatic heterocycles. The van der Waals surface area contributed by atoms with Crippen LogP contribution >= 0.6 is 0 Å². The highest BCUT2D eigenvalue weighted by molar-refractivity contribution is 6.06. The van der Waals surface area contributed by atoms with Crippen molar-refractivity contribution in [3.63, 3.8) is 0 Å². The van der Waals surface area contributed by atoms with Crippen LogP contribution in [0.5, 0.6) is 11.5 Å². The summed E-state index contributed by atoms with van der Waals surface area (Å²) in [5, 5.41) is 2.32. The molecule has 2 nitrogen and oxygen atoms in total. The molecule has 0 unspecified atom stereocenters. The number of para-hydroxylation sites is 3. The summed E-state index contributed by atoms with van der Waals surface area (Å²) in [6, 6.07) is 75.9. The van der Waals surface area contributed by atoms with Crippen LogP contribution in [0.25, 0.3) is 66.4 Å². The molecule has 0 aliphatic carbocycles. The SMILES string of the molecule is c1ccc(-c2ccccc2-c2ccccc2-c2ccccc2N(c2ccccc2)c2cccc(-c3cc4c5c(cccc5c3)Oc3ccccc3-4)c2)cc1. The lowest BCUT2D eigenvalue weighted by atomic mass is 9.88. The Balaban J connectivity index is 1.14. The van der Waals surface area contributed by atoms with Gasteiger partial charge < -0.3 is 9.64 Å². The normalized spacial score (nSPS) is 11.5. The minimum absolute atomic E-state index is 0.891. The van der Waals surface area contributed by atoms with Crippen LogP contribution in [0.4, 0.5) is 17.1 Å². The van der Waals surface area contributed by atoms with E-state index >= 15 is 0 Å². The second kappa shape index (κ2) is 13.4. The smallest absolute Gasteiger partial charge is 0.135 e. The molecule has 0 spiro atoms. The number of nitrogens with zero attached hydrogens (tertiary/aromatic N) is 1. The van der Waals surface area contributed by atoms with Crippen molar-refractivity contribution in [1.82, 2.24) is 0 Å². The third-order valence-corrected chi connectivity index (χ3v) is 10.5. The lowest BCUT2D eigenvalue weighted by Crippen LogP contribution is -2.11. The maximum Gasteiger partial charge on any atom is 0.135 e. The molecule has 0 saturated heterocycles. The van der Waals surface area contributed by atoms with Gasteiger partial charge in [-0.15, -0.1) is 0 Å². The van der Waals surface area contributed by atoms with Crippen molar-refractivity contribution < 1.29 is 4.74 Å². The lowest BCUT2D eigenvalue weighted by molar-refractivity contribution is 0.487. The van der Waals surface area contributed by atoms with Gasteiger partial charge in [0.15, 0.2) is 0 Å². The minimum Gasteiger partial charge on any atom is -0.456 e. The Morgan fingerprint density at radius 1 is 0.296 bits per heavy atom. The lowest BCUT2D eigenvalue weighted by Gasteiger charge is -2.29. The Morgan fingerprint density at radius 3 is 1.61 bits per heavy atom. The molecule has 0 bridgehead atoms. The molecule has 0 N–H and O–H groups in total. The Morgan fingerprint density at radius 2 is 0.833 bits per heavy atom. The summed E-state index contributed by atoms with van der Waals surface area (Å²) in [6.45, 7) is 0. The van der Waals surface area contributed by atoms with E-state index in [1.54, 1.807) is 0 Å². The highest BCUT2D eigenvalue weighted by Gasteiger charge is 2.23. The molecule has 2 heteroatoms. The van der Waals surface area contributed by atoms with E-state index in [2.05, 4.69) is 211 Å². The Bertz CT molecular complexity index is 2800. The monoisotopic (exact) mass is 689 g/mol. The van der Waals surface area contributed by atoms with Gasteiger partial charge in [-0.05, 0) is 104 Å². The molecule has 9 aromatic rings. The maximum atomic E-state index is 6.35. The van der Waals surface area contributed by atoms with Crippen molar-refractivity contribution in [1.29, 1.82) is 0 Å². The first-order valence-electron chi connectivity index (χ1n) is 18.4. The molecule has 9 aromatic carbocycles. The quantitative estimate of drug-likeness (QED) is 0.165. The fraction of sp³-hybridized carbons (Fsp3) is 0.